The Labute approximate surface area is 138 Å². The van der Waals surface area contributed by atoms with Crippen LogP contribution >= 0.6 is 0 Å². The second-order valence-electron chi connectivity index (χ2n) is 6.18. The number of likely N-dealkylation sites (tertiary alicyclic amines) is 1. The van der Waals surface area contributed by atoms with Gasteiger partial charge in [-0.25, -0.2) is 4.79 Å². The number of amides is 2. The number of hydrogen-bond donors (Lipinski definition) is 2. The molecule has 2 aliphatic rings. The van der Waals surface area contributed by atoms with Crippen molar-refractivity contribution in [3.05, 3.63) is 29.8 Å². The van der Waals surface area contributed by atoms with Crippen LogP contribution in [-0.4, -0.2) is 61.1 Å². The van der Waals surface area contributed by atoms with Gasteiger partial charge >= 0.3 is 12.2 Å². The van der Waals surface area contributed by atoms with Gasteiger partial charge in [0.05, 0.1) is 5.56 Å². The minimum absolute atomic E-state index is 0.167. The fraction of sp³-hybridized carbons (Fsp3) is 0.562. The second-order valence-corrected chi connectivity index (χ2v) is 6.18. The molecule has 8 heteroatoms. The van der Waals surface area contributed by atoms with Gasteiger partial charge in [0.2, 0.25) is 0 Å². The van der Waals surface area contributed by atoms with E-state index in [1.54, 1.807) is 4.90 Å². The van der Waals surface area contributed by atoms with Gasteiger partial charge < -0.3 is 15.5 Å². The number of benzene rings is 1. The molecule has 0 aromatic heterocycles. The SMILES string of the molecule is O=C(Nc1cccc(C(F)(F)F)c1)N1CCC(N2CCNCC2)C1. The van der Waals surface area contributed by atoms with E-state index in [-0.39, 0.29) is 11.7 Å². The number of urea groups is 1. The molecule has 0 spiro atoms. The summed E-state index contributed by atoms with van der Waals surface area (Å²) in [5, 5.41) is 5.87. The van der Waals surface area contributed by atoms with Crippen LogP contribution in [0.25, 0.3) is 0 Å². The van der Waals surface area contributed by atoms with Crippen LogP contribution in [0, 0.1) is 0 Å². The summed E-state index contributed by atoms with van der Waals surface area (Å²) in [4.78, 5) is 16.3. The Hall–Kier alpha value is -1.80. The third-order valence-electron chi connectivity index (χ3n) is 4.56. The molecule has 132 valence electrons. The Bertz CT molecular complexity index is 587. The molecule has 2 saturated heterocycles. The van der Waals surface area contributed by atoms with Crippen molar-refractivity contribution in [2.24, 2.45) is 0 Å². The molecular weight excluding hydrogens is 321 g/mol. The first-order chi connectivity index (χ1) is 11.4. The normalized spacial score (nSPS) is 22.6. The number of nitrogens with zero attached hydrogens (tertiary/aromatic N) is 2. The van der Waals surface area contributed by atoms with Crippen LogP contribution in [-0.2, 0) is 6.18 Å². The predicted octanol–water partition coefficient (Wildman–Crippen LogP) is 2.22. The number of piperazine rings is 1. The number of rotatable bonds is 2. The second kappa shape index (κ2) is 6.98. The van der Waals surface area contributed by atoms with E-state index >= 15 is 0 Å². The largest absolute Gasteiger partial charge is 0.416 e. The van der Waals surface area contributed by atoms with Crippen LogP contribution in [0.1, 0.15) is 12.0 Å². The molecule has 2 amide bonds. The topological polar surface area (TPSA) is 47.6 Å². The maximum atomic E-state index is 12.7. The summed E-state index contributed by atoms with van der Waals surface area (Å²) in [5.74, 6) is 0. The lowest BCUT2D eigenvalue weighted by atomic mass is 10.2. The van der Waals surface area contributed by atoms with Crippen LogP contribution in [0.5, 0.6) is 0 Å². The van der Waals surface area contributed by atoms with Crippen LogP contribution in [0.2, 0.25) is 0 Å². The van der Waals surface area contributed by atoms with E-state index in [0.29, 0.717) is 19.1 Å². The van der Waals surface area contributed by atoms with E-state index in [1.165, 1.54) is 12.1 Å². The van der Waals surface area contributed by atoms with Gasteiger partial charge in [0.1, 0.15) is 0 Å². The van der Waals surface area contributed by atoms with E-state index < -0.39 is 11.7 Å². The molecule has 5 nitrogen and oxygen atoms in total. The van der Waals surface area contributed by atoms with Gasteiger partial charge in [0, 0.05) is 51.0 Å². The molecule has 2 aliphatic heterocycles. The summed E-state index contributed by atoms with van der Waals surface area (Å²) >= 11 is 0. The van der Waals surface area contributed by atoms with E-state index in [1.807, 2.05) is 0 Å². The average molecular weight is 342 g/mol. The molecule has 2 N–H and O–H groups in total. The van der Waals surface area contributed by atoms with E-state index in [4.69, 9.17) is 0 Å². The van der Waals surface area contributed by atoms with Crippen molar-refractivity contribution in [2.75, 3.05) is 44.6 Å². The molecule has 2 fully saturated rings. The summed E-state index contributed by atoms with van der Waals surface area (Å²) in [6.07, 6.45) is -3.52. The third kappa shape index (κ3) is 3.99. The highest BCUT2D eigenvalue weighted by atomic mass is 19.4. The van der Waals surface area contributed by atoms with Gasteiger partial charge in [-0.05, 0) is 24.6 Å². The van der Waals surface area contributed by atoms with Crippen molar-refractivity contribution >= 4 is 11.7 Å². The van der Waals surface area contributed by atoms with E-state index in [9.17, 15) is 18.0 Å². The fourth-order valence-corrected chi connectivity index (χ4v) is 3.25. The van der Waals surface area contributed by atoms with Crippen molar-refractivity contribution in [3.63, 3.8) is 0 Å². The van der Waals surface area contributed by atoms with Crippen molar-refractivity contribution in [1.82, 2.24) is 15.1 Å². The number of anilines is 1. The molecule has 2 heterocycles. The van der Waals surface area contributed by atoms with Crippen LogP contribution in [0.3, 0.4) is 0 Å². The number of alkyl halides is 3. The van der Waals surface area contributed by atoms with Gasteiger partial charge in [0.25, 0.3) is 0 Å². The highest BCUT2D eigenvalue weighted by Crippen LogP contribution is 2.30. The minimum atomic E-state index is -4.41. The van der Waals surface area contributed by atoms with Crippen molar-refractivity contribution in [1.29, 1.82) is 0 Å². The van der Waals surface area contributed by atoms with Crippen LogP contribution < -0.4 is 10.6 Å². The Morgan fingerprint density at radius 2 is 1.96 bits per heavy atom. The smallest absolute Gasteiger partial charge is 0.323 e. The molecule has 1 aromatic rings. The molecule has 0 bridgehead atoms. The summed E-state index contributed by atoms with van der Waals surface area (Å²) in [6.45, 7) is 5.07. The third-order valence-corrected chi connectivity index (χ3v) is 4.56. The fourth-order valence-electron chi connectivity index (χ4n) is 3.25. The monoisotopic (exact) mass is 342 g/mol. The molecule has 0 aliphatic carbocycles. The van der Waals surface area contributed by atoms with Gasteiger partial charge in [-0.2, -0.15) is 13.2 Å². The first-order valence-electron chi connectivity index (χ1n) is 8.11. The minimum Gasteiger partial charge on any atom is -0.323 e. The lowest BCUT2D eigenvalue weighted by Gasteiger charge is -2.32. The van der Waals surface area contributed by atoms with Crippen molar-refractivity contribution in [2.45, 2.75) is 18.6 Å². The van der Waals surface area contributed by atoms with Gasteiger partial charge in [-0.1, -0.05) is 6.07 Å². The average Bonchev–Trinajstić information content (AvgIpc) is 3.05. The number of nitrogens with one attached hydrogen (secondary N) is 2. The standard InChI is InChI=1S/C16H21F3N4O/c17-16(18,19)12-2-1-3-13(10-12)21-15(24)23-7-4-14(11-23)22-8-5-20-6-9-22/h1-3,10,14,20H,4-9,11H2,(H,21,24). The zero-order valence-electron chi connectivity index (χ0n) is 13.3. The highest BCUT2D eigenvalue weighted by Gasteiger charge is 2.32. The molecule has 3 rings (SSSR count). The molecule has 24 heavy (non-hydrogen) atoms. The summed E-state index contributed by atoms with van der Waals surface area (Å²) in [5.41, 5.74) is -0.596. The summed E-state index contributed by atoms with van der Waals surface area (Å²) in [7, 11) is 0. The maximum Gasteiger partial charge on any atom is 0.416 e. The highest BCUT2D eigenvalue weighted by molar-refractivity contribution is 5.89. The van der Waals surface area contributed by atoms with E-state index in [2.05, 4.69) is 15.5 Å². The Morgan fingerprint density at radius 1 is 1.21 bits per heavy atom. The first-order valence-corrected chi connectivity index (χ1v) is 8.11. The summed E-state index contributed by atoms with van der Waals surface area (Å²) in [6, 6.07) is 4.71. The lowest BCUT2D eigenvalue weighted by molar-refractivity contribution is -0.137. The quantitative estimate of drug-likeness (QED) is 0.866. The molecule has 0 radical (unpaired) electrons. The number of carbonyl (C=O) groups is 1. The van der Waals surface area contributed by atoms with Crippen molar-refractivity contribution < 1.29 is 18.0 Å². The van der Waals surface area contributed by atoms with Gasteiger partial charge in [0.15, 0.2) is 0 Å². The Morgan fingerprint density at radius 3 is 2.67 bits per heavy atom. The van der Waals surface area contributed by atoms with Crippen molar-refractivity contribution in [3.8, 4) is 0 Å². The molecule has 1 unspecified atom stereocenters. The molecule has 0 saturated carbocycles. The molecule has 1 aromatic carbocycles. The van der Waals surface area contributed by atoms with Gasteiger partial charge in [-0.3, -0.25) is 4.90 Å². The first kappa shape index (κ1) is 17.0. The van der Waals surface area contributed by atoms with Gasteiger partial charge in [-0.15, -0.1) is 0 Å². The summed E-state index contributed by atoms with van der Waals surface area (Å²) < 4.78 is 38.2. The van der Waals surface area contributed by atoms with E-state index in [0.717, 1.165) is 44.7 Å². The zero-order valence-corrected chi connectivity index (χ0v) is 13.3. The zero-order chi connectivity index (χ0) is 17.2. The van der Waals surface area contributed by atoms with Crippen LogP contribution in [0.4, 0.5) is 23.7 Å². The number of carbonyl (C=O) groups excluding carboxylic acids is 1. The lowest BCUT2D eigenvalue weighted by Crippen LogP contribution is -2.49. The molecular formula is C16H21F3N4O. The Kier molecular flexibility index (Phi) is 4.96. The number of halogens is 3. The maximum absolute atomic E-state index is 12.7. The Balaban J connectivity index is 1.58. The number of hydrogen-bond acceptors (Lipinski definition) is 3. The predicted molar refractivity (Wildman–Crippen MR) is 84.9 cm³/mol. The molecule has 1 atom stereocenters. The van der Waals surface area contributed by atoms with Crippen LogP contribution in [0.15, 0.2) is 24.3 Å².